The van der Waals surface area contributed by atoms with Crippen molar-refractivity contribution in [2.45, 2.75) is 27.8 Å². The normalized spacial score (nSPS) is 19.6. The molecule has 3 aromatic rings. The van der Waals surface area contributed by atoms with Gasteiger partial charge in [-0.3, -0.25) is 0 Å². The summed E-state index contributed by atoms with van der Waals surface area (Å²) < 4.78 is 0.0470. The summed E-state index contributed by atoms with van der Waals surface area (Å²) in [6.45, 7) is 2.19. The van der Waals surface area contributed by atoms with Crippen LogP contribution >= 0.6 is 29.7 Å². The topological polar surface area (TPSA) is 0 Å². The SMILES string of the molecule is CCC[SiH](Cl)[Ti]([Cl])([Cl])([CH]1C=Cc2ccccc21)[CH]1c2ccccc2-c2ccccc21. The van der Waals surface area contributed by atoms with E-state index in [0.29, 0.717) is 0 Å². The Morgan fingerprint density at radius 1 is 0.800 bits per heavy atom. The molecule has 2 atom stereocenters. The second kappa shape index (κ2) is 7.66. The number of halogens is 3. The van der Waals surface area contributed by atoms with Crippen LogP contribution < -0.4 is 0 Å². The fourth-order valence-corrected chi connectivity index (χ4v) is 32.9. The Balaban J connectivity index is 1.81. The first kappa shape index (κ1) is 21.1. The Labute approximate surface area is 193 Å². The first-order chi connectivity index (χ1) is 14.5. The van der Waals surface area contributed by atoms with Gasteiger partial charge in [-0.05, 0) is 0 Å². The molecule has 0 fully saturated rings. The van der Waals surface area contributed by atoms with Crippen LogP contribution in [0.15, 0.2) is 78.9 Å². The molecule has 0 heterocycles. The number of rotatable bonds is 5. The van der Waals surface area contributed by atoms with Gasteiger partial charge in [-0.15, -0.1) is 0 Å². The quantitative estimate of drug-likeness (QED) is 0.241. The number of hydrogen-bond donors (Lipinski definition) is 0. The molecule has 5 rings (SSSR count). The summed E-state index contributed by atoms with van der Waals surface area (Å²) in [6.07, 6.45) is 5.49. The molecule has 0 amide bonds. The minimum absolute atomic E-state index is 0.0132. The van der Waals surface area contributed by atoms with Gasteiger partial charge in [0.05, 0.1) is 0 Å². The molecule has 0 aliphatic heterocycles. The van der Waals surface area contributed by atoms with Crippen LogP contribution in [0.2, 0.25) is 6.04 Å². The predicted octanol–water partition coefficient (Wildman–Crippen LogP) is 8.39. The van der Waals surface area contributed by atoms with Crippen molar-refractivity contribution in [2.75, 3.05) is 0 Å². The van der Waals surface area contributed by atoms with Gasteiger partial charge >= 0.3 is 194 Å². The maximum absolute atomic E-state index is 8.06. The van der Waals surface area contributed by atoms with Gasteiger partial charge in [0.15, 0.2) is 0 Å². The van der Waals surface area contributed by atoms with E-state index in [0.717, 1.165) is 12.5 Å². The molecule has 0 spiro atoms. The van der Waals surface area contributed by atoms with Crippen molar-refractivity contribution >= 4 is 41.7 Å². The van der Waals surface area contributed by atoms with Crippen LogP contribution in [0.5, 0.6) is 0 Å². The van der Waals surface area contributed by atoms with Crippen molar-refractivity contribution in [1.82, 2.24) is 0 Å². The molecule has 5 heteroatoms. The third kappa shape index (κ3) is 2.90. The van der Waals surface area contributed by atoms with E-state index in [1.165, 1.54) is 33.4 Å². The molecule has 0 saturated carbocycles. The van der Waals surface area contributed by atoms with Crippen molar-refractivity contribution in [3.63, 3.8) is 0 Å². The van der Waals surface area contributed by atoms with Crippen LogP contribution in [-0.4, -0.2) is 5.97 Å². The Morgan fingerprint density at radius 3 is 1.93 bits per heavy atom. The molecule has 0 N–H and O–H groups in total. The maximum atomic E-state index is 8.06. The van der Waals surface area contributed by atoms with E-state index >= 15 is 0 Å². The second-order valence-corrected chi connectivity index (χ2v) is 38.2. The van der Waals surface area contributed by atoms with Crippen LogP contribution in [0.4, 0.5) is 0 Å². The Morgan fingerprint density at radius 2 is 1.33 bits per heavy atom. The molecule has 153 valence electrons. The number of fused-ring (bicyclic) bond motifs is 4. The summed E-state index contributed by atoms with van der Waals surface area (Å²) in [4.78, 5) is 0. The summed E-state index contributed by atoms with van der Waals surface area (Å²) in [5, 5.41) is 0. The number of hydrogen-bond acceptors (Lipinski definition) is 0. The molecule has 2 aliphatic carbocycles. The van der Waals surface area contributed by atoms with E-state index in [1.807, 2.05) is 0 Å². The first-order valence-electron chi connectivity index (χ1n) is 10.6. The van der Waals surface area contributed by atoms with Gasteiger partial charge in [-0.1, -0.05) is 0 Å². The third-order valence-electron chi connectivity index (χ3n) is 6.92. The summed E-state index contributed by atoms with van der Waals surface area (Å²) in [5.74, 6) is -1.99. The van der Waals surface area contributed by atoms with E-state index in [9.17, 15) is 0 Å². The summed E-state index contributed by atoms with van der Waals surface area (Å²) in [7, 11) is 16.1. The van der Waals surface area contributed by atoms with Crippen LogP contribution in [0.25, 0.3) is 17.2 Å². The van der Waals surface area contributed by atoms with Crippen molar-refractivity contribution in [2.24, 2.45) is 0 Å². The van der Waals surface area contributed by atoms with E-state index in [4.69, 9.17) is 29.7 Å². The number of allylic oxidation sites excluding steroid dienone is 1. The van der Waals surface area contributed by atoms with Crippen molar-refractivity contribution in [3.8, 4) is 11.1 Å². The molecule has 2 unspecified atom stereocenters. The molecule has 3 aromatic carbocycles. The van der Waals surface area contributed by atoms with E-state index < -0.39 is 18.4 Å². The zero-order valence-electron chi connectivity index (χ0n) is 16.9. The summed E-state index contributed by atoms with van der Waals surface area (Å²) >= 11 is 2.98. The van der Waals surface area contributed by atoms with E-state index in [2.05, 4.69) is 91.9 Å². The molecule has 0 saturated heterocycles. The van der Waals surface area contributed by atoms with Crippen molar-refractivity contribution in [3.05, 3.63) is 101 Å². The van der Waals surface area contributed by atoms with Crippen molar-refractivity contribution < 1.29 is 12.4 Å². The zero-order valence-corrected chi connectivity index (χ0v) is 21.8. The molecular weight excluding hydrogens is 483 g/mol. The second-order valence-electron chi connectivity index (χ2n) is 8.56. The average molecular weight is 507 g/mol. The molecule has 0 radical (unpaired) electrons. The molecule has 0 bridgehead atoms. The van der Waals surface area contributed by atoms with E-state index in [-0.39, 0.29) is 8.45 Å². The van der Waals surface area contributed by atoms with Gasteiger partial charge in [0.2, 0.25) is 0 Å². The molecule has 0 aromatic heterocycles. The number of benzene rings is 3. The van der Waals surface area contributed by atoms with Gasteiger partial charge in [0, 0.05) is 0 Å². The van der Waals surface area contributed by atoms with Gasteiger partial charge in [-0.2, -0.15) is 0 Å². The monoisotopic (exact) mass is 505 g/mol. The third-order valence-corrected chi connectivity index (χ3v) is 43.8. The Bertz CT molecular complexity index is 1110. The van der Waals surface area contributed by atoms with Gasteiger partial charge in [0.25, 0.3) is 0 Å². The fourth-order valence-electron chi connectivity index (χ4n) is 5.56. The molecule has 30 heavy (non-hydrogen) atoms. The molecular formula is C25H24Cl3SiTi. The fraction of sp³-hybridized carbons (Fsp3) is 0.200. The van der Waals surface area contributed by atoms with E-state index in [1.54, 1.807) is 0 Å². The standard InChI is InChI=1S/C13H9.C9H7.C3H8ClSi.2ClH.Ti/c1-3-7-12-10(5-1)9-11-6-2-4-8-13(11)12;1-2-5-9-7-3-6-8(9)4-1;1-2-3-5-4;;;/h1-9H;1-7H;5H,2-3H2,1H3;2*1H;/q;;;;;+2/p-2. The Hall–Kier alpha value is -0.799. The Kier molecular flexibility index (Phi) is 5.38. The van der Waals surface area contributed by atoms with Gasteiger partial charge in [0.1, 0.15) is 0 Å². The molecule has 0 nitrogen and oxygen atoms in total. The van der Waals surface area contributed by atoms with Crippen molar-refractivity contribution in [1.29, 1.82) is 0 Å². The predicted molar refractivity (Wildman–Crippen MR) is 132 cm³/mol. The zero-order chi connectivity index (χ0) is 21.0. The van der Waals surface area contributed by atoms with Crippen LogP contribution in [0.3, 0.4) is 0 Å². The first-order valence-corrected chi connectivity index (χ1v) is 22.6. The van der Waals surface area contributed by atoms with Crippen LogP contribution in [0, 0.1) is 0 Å². The van der Waals surface area contributed by atoms with Gasteiger partial charge < -0.3 is 0 Å². The minimum atomic E-state index is -4.44. The summed E-state index contributed by atoms with van der Waals surface area (Å²) in [5.41, 5.74) is 7.56. The van der Waals surface area contributed by atoms with Crippen LogP contribution in [-0.2, 0) is 12.4 Å². The summed E-state index contributed by atoms with van der Waals surface area (Å²) in [6, 6.07) is 26.8. The van der Waals surface area contributed by atoms with Gasteiger partial charge in [-0.25, -0.2) is 0 Å². The van der Waals surface area contributed by atoms with Crippen LogP contribution in [0.1, 0.15) is 44.0 Å². The average Bonchev–Trinajstić information content (AvgIpc) is 3.35. The molecule has 2 aliphatic rings.